The number of anilines is 1. The second kappa shape index (κ2) is 7.61. The highest BCUT2D eigenvalue weighted by Gasteiger charge is 2.11. The van der Waals surface area contributed by atoms with Crippen LogP contribution in [0, 0.1) is 0 Å². The Kier molecular flexibility index (Phi) is 5.28. The molecule has 130 valence electrons. The van der Waals surface area contributed by atoms with Crippen molar-refractivity contribution in [2.75, 3.05) is 26.1 Å². The fourth-order valence-corrected chi connectivity index (χ4v) is 3.36. The van der Waals surface area contributed by atoms with Crippen molar-refractivity contribution in [3.63, 3.8) is 0 Å². The smallest absolute Gasteiger partial charge is 0.191 e. The summed E-state index contributed by atoms with van der Waals surface area (Å²) < 4.78 is 7.31. The number of hydrogen-bond acceptors (Lipinski definition) is 5. The molecule has 5 nitrogen and oxygen atoms in total. The van der Waals surface area contributed by atoms with Crippen LogP contribution in [0.4, 0.5) is 5.69 Å². The van der Waals surface area contributed by atoms with Crippen molar-refractivity contribution in [3.05, 3.63) is 54.1 Å². The van der Waals surface area contributed by atoms with E-state index in [9.17, 15) is 0 Å². The van der Waals surface area contributed by atoms with E-state index in [2.05, 4.69) is 45.4 Å². The molecule has 0 saturated carbocycles. The molecule has 2 aromatic carbocycles. The minimum absolute atomic E-state index is 0.822. The fourth-order valence-electron chi connectivity index (χ4n) is 2.51. The van der Waals surface area contributed by atoms with Crippen molar-refractivity contribution in [3.8, 4) is 17.1 Å². The average Bonchev–Trinajstić information content (AvgIpc) is 3.01. The second-order valence-electron chi connectivity index (χ2n) is 5.95. The highest BCUT2D eigenvalue weighted by atomic mass is 32.2. The third-order valence-corrected chi connectivity index (χ3v) is 5.07. The molecular formula is C19H22N4OS. The SMILES string of the molecule is COc1cccc(CSc2nnc(-c3ccc(N(C)C)cc3)n2C)c1. The molecule has 0 bridgehead atoms. The van der Waals surface area contributed by atoms with Gasteiger partial charge in [0.05, 0.1) is 7.11 Å². The summed E-state index contributed by atoms with van der Waals surface area (Å²) in [5.74, 6) is 2.57. The van der Waals surface area contributed by atoms with Crippen LogP contribution in [0.25, 0.3) is 11.4 Å². The van der Waals surface area contributed by atoms with Crippen molar-refractivity contribution in [1.82, 2.24) is 14.8 Å². The van der Waals surface area contributed by atoms with Crippen LogP contribution in [0.2, 0.25) is 0 Å². The molecule has 0 saturated heterocycles. The first-order valence-electron chi connectivity index (χ1n) is 8.01. The largest absolute Gasteiger partial charge is 0.497 e. The van der Waals surface area contributed by atoms with Gasteiger partial charge in [0.15, 0.2) is 11.0 Å². The van der Waals surface area contributed by atoms with E-state index < -0.39 is 0 Å². The molecule has 0 amide bonds. The number of rotatable bonds is 6. The molecule has 0 spiro atoms. The molecular weight excluding hydrogens is 332 g/mol. The molecule has 0 aliphatic heterocycles. The molecule has 0 aliphatic rings. The van der Waals surface area contributed by atoms with Gasteiger partial charge in [0.1, 0.15) is 5.75 Å². The van der Waals surface area contributed by atoms with Crippen molar-refractivity contribution in [2.24, 2.45) is 7.05 Å². The van der Waals surface area contributed by atoms with Gasteiger partial charge < -0.3 is 14.2 Å². The van der Waals surface area contributed by atoms with Crippen molar-refractivity contribution >= 4 is 17.4 Å². The monoisotopic (exact) mass is 354 g/mol. The maximum atomic E-state index is 5.27. The van der Waals surface area contributed by atoms with Crippen molar-refractivity contribution in [2.45, 2.75) is 10.9 Å². The summed E-state index contributed by atoms with van der Waals surface area (Å²) in [5.41, 5.74) is 3.43. The zero-order chi connectivity index (χ0) is 17.8. The van der Waals surface area contributed by atoms with Crippen LogP contribution in [0.15, 0.2) is 53.7 Å². The zero-order valence-electron chi connectivity index (χ0n) is 14.9. The topological polar surface area (TPSA) is 43.2 Å². The van der Waals surface area contributed by atoms with Gasteiger partial charge in [-0.25, -0.2) is 0 Å². The molecule has 25 heavy (non-hydrogen) atoms. The summed E-state index contributed by atoms with van der Waals surface area (Å²) in [4.78, 5) is 2.08. The minimum atomic E-state index is 0.822. The molecule has 0 unspecified atom stereocenters. The van der Waals surface area contributed by atoms with Gasteiger partial charge in [0.25, 0.3) is 0 Å². The van der Waals surface area contributed by atoms with Crippen LogP contribution >= 0.6 is 11.8 Å². The van der Waals surface area contributed by atoms with Crippen LogP contribution in [0.5, 0.6) is 5.75 Å². The Labute approximate surface area is 152 Å². The van der Waals surface area contributed by atoms with Crippen LogP contribution in [0.1, 0.15) is 5.56 Å². The Morgan fingerprint density at radius 2 is 1.84 bits per heavy atom. The molecule has 0 atom stereocenters. The van der Waals surface area contributed by atoms with Crippen LogP contribution in [-0.4, -0.2) is 36.0 Å². The lowest BCUT2D eigenvalue weighted by atomic mass is 10.2. The number of hydrogen-bond donors (Lipinski definition) is 0. The highest BCUT2D eigenvalue weighted by molar-refractivity contribution is 7.98. The van der Waals surface area contributed by atoms with Crippen molar-refractivity contribution < 1.29 is 4.74 Å². The number of nitrogens with zero attached hydrogens (tertiary/aromatic N) is 4. The Morgan fingerprint density at radius 3 is 2.52 bits per heavy atom. The van der Waals surface area contributed by atoms with Crippen LogP contribution < -0.4 is 9.64 Å². The quantitative estimate of drug-likeness (QED) is 0.629. The van der Waals surface area contributed by atoms with Gasteiger partial charge in [-0.1, -0.05) is 23.9 Å². The molecule has 3 aromatic rings. The van der Waals surface area contributed by atoms with E-state index in [0.717, 1.165) is 28.0 Å². The average molecular weight is 354 g/mol. The van der Waals surface area contributed by atoms with Gasteiger partial charge in [0.2, 0.25) is 0 Å². The number of methoxy groups -OCH3 is 1. The molecule has 1 heterocycles. The molecule has 0 aliphatic carbocycles. The Hall–Kier alpha value is -2.47. The van der Waals surface area contributed by atoms with Gasteiger partial charge >= 0.3 is 0 Å². The lowest BCUT2D eigenvalue weighted by Crippen LogP contribution is -2.08. The summed E-state index contributed by atoms with van der Waals surface area (Å²) in [6.07, 6.45) is 0. The van der Waals surface area contributed by atoms with Gasteiger partial charge in [-0.05, 0) is 42.0 Å². The van der Waals surface area contributed by atoms with Gasteiger partial charge in [-0.15, -0.1) is 10.2 Å². The molecule has 0 fully saturated rings. The third kappa shape index (κ3) is 3.96. The zero-order valence-corrected chi connectivity index (χ0v) is 15.7. The van der Waals surface area contributed by atoms with Gasteiger partial charge in [0, 0.05) is 38.1 Å². The maximum Gasteiger partial charge on any atom is 0.191 e. The summed E-state index contributed by atoms with van der Waals surface area (Å²) in [6.45, 7) is 0. The number of benzene rings is 2. The third-order valence-electron chi connectivity index (χ3n) is 3.98. The lowest BCUT2D eigenvalue weighted by Gasteiger charge is -2.12. The minimum Gasteiger partial charge on any atom is -0.497 e. The lowest BCUT2D eigenvalue weighted by molar-refractivity contribution is 0.414. The standard InChI is InChI=1S/C19H22N4OS/c1-22(2)16-10-8-15(9-11-16)18-20-21-19(23(18)3)25-13-14-6-5-7-17(12-14)24-4/h5-12H,13H2,1-4H3. The van der Waals surface area contributed by atoms with E-state index in [1.807, 2.05) is 43.9 Å². The van der Waals surface area contributed by atoms with E-state index >= 15 is 0 Å². The summed E-state index contributed by atoms with van der Waals surface area (Å²) in [6, 6.07) is 16.4. The van der Waals surface area contributed by atoms with Crippen molar-refractivity contribution in [1.29, 1.82) is 0 Å². The molecule has 0 radical (unpaired) electrons. The Balaban J connectivity index is 1.74. The summed E-state index contributed by atoms with van der Waals surface area (Å²) >= 11 is 1.67. The Morgan fingerprint density at radius 1 is 1.08 bits per heavy atom. The first-order valence-corrected chi connectivity index (χ1v) is 9.00. The Bertz CT molecular complexity index is 843. The molecule has 3 rings (SSSR count). The van der Waals surface area contributed by atoms with E-state index in [4.69, 9.17) is 4.74 Å². The van der Waals surface area contributed by atoms with Crippen LogP contribution in [0.3, 0.4) is 0 Å². The van der Waals surface area contributed by atoms with E-state index in [1.165, 1.54) is 11.3 Å². The van der Waals surface area contributed by atoms with Gasteiger partial charge in [-0.2, -0.15) is 0 Å². The van der Waals surface area contributed by atoms with Gasteiger partial charge in [-0.3, -0.25) is 0 Å². The van der Waals surface area contributed by atoms with E-state index in [1.54, 1.807) is 18.9 Å². The van der Waals surface area contributed by atoms with E-state index in [-0.39, 0.29) is 0 Å². The number of aromatic nitrogens is 3. The fraction of sp³-hybridized carbons (Fsp3) is 0.263. The first-order chi connectivity index (χ1) is 12.1. The maximum absolute atomic E-state index is 5.27. The first kappa shape index (κ1) is 17.4. The molecule has 1 aromatic heterocycles. The van der Waals surface area contributed by atoms with Crippen LogP contribution in [-0.2, 0) is 12.8 Å². The summed E-state index contributed by atoms with van der Waals surface area (Å²) in [5, 5.41) is 9.60. The second-order valence-corrected chi connectivity index (χ2v) is 6.89. The molecule has 6 heteroatoms. The van der Waals surface area contributed by atoms with E-state index in [0.29, 0.717) is 0 Å². The molecule has 0 N–H and O–H groups in total. The number of thioether (sulfide) groups is 1. The highest BCUT2D eigenvalue weighted by Crippen LogP contribution is 2.27. The predicted molar refractivity (Wildman–Crippen MR) is 103 cm³/mol. The summed E-state index contributed by atoms with van der Waals surface area (Å²) in [7, 11) is 7.75. The normalized spacial score (nSPS) is 10.7. The number of ether oxygens (including phenoxy) is 1. The predicted octanol–water partition coefficient (Wildman–Crippen LogP) is 3.85.